The van der Waals surface area contributed by atoms with Crippen LogP contribution in [0.4, 0.5) is 0 Å². The van der Waals surface area contributed by atoms with Gasteiger partial charge in [-0.1, -0.05) is 0 Å². The third-order valence-corrected chi connectivity index (χ3v) is 11.8. The van der Waals surface area contributed by atoms with Crippen molar-refractivity contribution < 1.29 is 22.1 Å². The van der Waals surface area contributed by atoms with Crippen molar-refractivity contribution in [2.24, 2.45) is 0 Å². The van der Waals surface area contributed by atoms with Gasteiger partial charge >= 0.3 is 17.5 Å². The normalized spacial score (nSPS) is 17.7. The molecule has 162 valence electrons. The third kappa shape index (κ3) is 8.17. The maximum Gasteiger partial charge on any atom is 0.500 e. The number of hydrogen-bond acceptors (Lipinski definition) is 8. The lowest BCUT2D eigenvalue weighted by atomic mass is 10.3. The highest BCUT2D eigenvalue weighted by Gasteiger charge is 2.46. The number of hydrogen-bond donors (Lipinski definition) is 2. The van der Waals surface area contributed by atoms with Gasteiger partial charge in [-0.05, 0) is 65.0 Å². The van der Waals surface area contributed by atoms with Crippen molar-refractivity contribution >= 4 is 17.5 Å². The Hall–Kier alpha value is 0.114. The lowest BCUT2D eigenvalue weighted by Crippen LogP contribution is -2.53. The van der Waals surface area contributed by atoms with Crippen molar-refractivity contribution in [1.29, 1.82) is 0 Å². The first-order valence-electron chi connectivity index (χ1n) is 10.0. The monoisotopic (exact) mass is 423 g/mol. The standard InChI is InChI=1S/C17H41N3O5Si2/c1-21-26(22-2)16-9-15-20(26)14-7-12-18-10-6-11-19-13-8-17-27(23-3,24-4)25-5/h18-19H,6-17H2,1-5H3. The fourth-order valence-electron chi connectivity index (χ4n) is 3.62. The molecular weight excluding hydrogens is 382 g/mol. The molecule has 1 heterocycles. The molecule has 0 saturated carbocycles. The SMILES string of the molecule is CO[Si](CCCNCCCNCCCN1CCC[Si]1(OC)OC)(OC)OC. The summed E-state index contributed by atoms with van der Waals surface area (Å²) in [5.41, 5.74) is 0. The van der Waals surface area contributed by atoms with Crippen molar-refractivity contribution in [3.8, 4) is 0 Å². The van der Waals surface area contributed by atoms with E-state index in [-0.39, 0.29) is 0 Å². The van der Waals surface area contributed by atoms with E-state index >= 15 is 0 Å². The van der Waals surface area contributed by atoms with Crippen LogP contribution in [0.25, 0.3) is 0 Å². The molecule has 27 heavy (non-hydrogen) atoms. The van der Waals surface area contributed by atoms with E-state index in [1.807, 2.05) is 0 Å². The molecule has 0 amide bonds. The van der Waals surface area contributed by atoms with Crippen molar-refractivity contribution in [2.45, 2.75) is 37.8 Å². The quantitative estimate of drug-likeness (QED) is 0.267. The van der Waals surface area contributed by atoms with E-state index in [4.69, 9.17) is 22.1 Å². The van der Waals surface area contributed by atoms with Gasteiger partial charge in [0.2, 0.25) is 0 Å². The van der Waals surface area contributed by atoms with E-state index in [9.17, 15) is 0 Å². The Bertz CT molecular complexity index is 366. The van der Waals surface area contributed by atoms with Gasteiger partial charge in [-0.25, -0.2) is 0 Å². The molecule has 1 rings (SSSR count). The fraction of sp³-hybridized carbons (Fsp3) is 1.00. The fourth-order valence-corrected chi connectivity index (χ4v) is 8.35. The Morgan fingerprint density at radius 2 is 1.37 bits per heavy atom. The predicted octanol–water partition coefficient (Wildman–Crippen LogP) is 1.15. The van der Waals surface area contributed by atoms with Gasteiger partial charge in [-0.3, -0.25) is 4.57 Å². The van der Waals surface area contributed by atoms with Crippen LogP contribution >= 0.6 is 0 Å². The van der Waals surface area contributed by atoms with E-state index in [1.54, 1.807) is 35.5 Å². The Morgan fingerprint density at radius 3 is 1.93 bits per heavy atom. The van der Waals surface area contributed by atoms with Crippen molar-refractivity contribution in [1.82, 2.24) is 15.2 Å². The first-order valence-corrected chi connectivity index (χ1v) is 13.9. The molecule has 1 saturated heterocycles. The van der Waals surface area contributed by atoms with Crippen LogP contribution in [-0.2, 0) is 22.1 Å². The molecule has 0 spiro atoms. The summed E-state index contributed by atoms with van der Waals surface area (Å²) in [6, 6.07) is 1.92. The molecule has 1 fully saturated rings. The summed E-state index contributed by atoms with van der Waals surface area (Å²) in [5.74, 6) is 0. The van der Waals surface area contributed by atoms with Crippen LogP contribution in [0, 0.1) is 0 Å². The number of rotatable bonds is 17. The van der Waals surface area contributed by atoms with E-state index in [1.165, 1.54) is 6.42 Å². The molecule has 0 aliphatic carbocycles. The second-order valence-electron chi connectivity index (χ2n) is 6.82. The van der Waals surface area contributed by atoms with Crippen LogP contribution in [0.15, 0.2) is 0 Å². The van der Waals surface area contributed by atoms with Gasteiger partial charge in [0.25, 0.3) is 0 Å². The first kappa shape index (κ1) is 25.2. The molecular formula is C17H41N3O5Si2. The minimum Gasteiger partial charge on any atom is -0.386 e. The summed E-state index contributed by atoms with van der Waals surface area (Å²) in [6.45, 7) is 6.22. The molecule has 1 aliphatic rings. The van der Waals surface area contributed by atoms with Crippen LogP contribution < -0.4 is 10.6 Å². The zero-order chi connectivity index (χ0) is 20.0. The van der Waals surface area contributed by atoms with Gasteiger partial charge in [0, 0.05) is 47.6 Å². The molecule has 0 bridgehead atoms. The summed E-state index contributed by atoms with van der Waals surface area (Å²) in [4.78, 5) is 0. The van der Waals surface area contributed by atoms with E-state index in [0.717, 1.165) is 70.6 Å². The summed E-state index contributed by atoms with van der Waals surface area (Å²) in [7, 11) is 4.11. The van der Waals surface area contributed by atoms with Crippen LogP contribution in [0.1, 0.15) is 25.7 Å². The Morgan fingerprint density at radius 1 is 0.815 bits per heavy atom. The van der Waals surface area contributed by atoms with Crippen molar-refractivity contribution in [3.63, 3.8) is 0 Å². The minimum absolute atomic E-state index is 0.839. The smallest absolute Gasteiger partial charge is 0.386 e. The third-order valence-electron chi connectivity index (χ3n) is 5.30. The van der Waals surface area contributed by atoms with Crippen molar-refractivity contribution in [3.05, 3.63) is 0 Å². The van der Waals surface area contributed by atoms with Crippen LogP contribution in [0.2, 0.25) is 12.1 Å². The van der Waals surface area contributed by atoms with Gasteiger partial charge in [-0.2, -0.15) is 0 Å². The molecule has 8 nitrogen and oxygen atoms in total. The lowest BCUT2D eigenvalue weighted by molar-refractivity contribution is 0.123. The highest BCUT2D eigenvalue weighted by molar-refractivity contribution is 6.65. The summed E-state index contributed by atoms with van der Waals surface area (Å²) in [5, 5.41) is 7.00. The number of nitrogens with one attached hydrogen (secondary N) is 2. The minimum atomic E-state index is -2.41. The molecule has 0 aromatic heterocycles. The lowest BCUT2D eigenvalue weighted by Gasteiger charge is -2.31. The summed E-state index contributed by atoms with van der Waals surface area (Å²) in [6.07, 6.45) is 4.44. The highest BCUT2D eigenvalue weighted by Crippen LogP contribution is 2.26. The molecule has 0 atom stereocenters. The number of nitrogens with zero attached hydrogens (tertiary/aromatic N) is 1. The second kappa shape index (κ2) is 14.2. The van der Waals surface area contributed by atoms with E-state index in [2.05, 4.69) is 15.2 Å². The highest BCUT2D eigenvalue weighted by atomic mass is 28.4. The Balaban J connectivity index is 1.96. The zero-order valence-corrected chi connectivity index (χ0v) is 20.0. The van der Waals surface area contributed by atoms with Crippen LogP contribution in [0.5, 0.6) is 0 Å². The van der Waals surface area contributed by atoms with Gasteiger partial charge in [0.15, 0.2) is 0 Å². The summed E-state index contributed by atoms with van der Waals surface area (Å²) < 4.78 is 30.2. The molecule has 0 unspecified atom stereocenters. The average Bonchev–Trinajstić information content (AvgIpc) is 3.13. The largest absolute Gasteiger partial charge is 0.500 e. The van der Waals surface area contributed by atoms with Gasteiger partial charge in [0.05, 0.1) is 0 Å². The van der Waals surface area contributed by atoms with Crippen LogP contribution in [0.3, 0.4) is 0 Å². The molecule has 2 N–H and O–H groups in total. The summed E-state index contributed by atoms with van der Waals surface area (Å²) >= 11 is 0. The van der Waals surface area contributed by atoms with Gasteiger partial charge in [0.1, 0.15) is 0 Å². The van der Waals surface area contributed by atoms with Crippen LogP contribution in [-0.4, -0.2) is 96.9 Å². The van der Waals surface area contributed by atoms with E-state index in [0.29, 0.717) is 0 Å². The molecule has 0 radical (unpaired) electrons. The predicted molar refractivity (Wildman–Crippen MR) is 112 cm³/mol. The van der Waals surface area contributed by atoms with Crippen molar-refractivity contribution in [2.75, 3.05) is 74.8 Å². The van der Waals surface area contributed by atoms with E-state index < -0.39 is 17.5 Å². The molecule has 0 aromatic carbocycles. The topological polar surface area (TPSA) is 73.5 Å². The second-order valence-corrected chi connectivity index (χ2v) is 13.3. The molecule has 10 heteroatoms. The zero-order valence-electron chi connectivity index (χ0n) is 18.0. The molecule has 0 aromatic rings. The molecule has 1 aliphatic heterocycles. The first-order chi connectivity index (χ1) is 13.1. The Labute approximate surface area is 167 Å². The Kier molecular flexibility index (Phi) is 13.2. The maximum atomic E-state index is 5.74. The van der Waals surface area contributed by atoms with Gasteiger partial charge < -0.3 is 32.8 Å². The maximum absolute atomic E-state index is 5.74. The average molecular weight is 424 g/mol. The van der Waals surface area contributed by atoms with Gasteiger partial charge in [-0.15, -0.1) is 0 Å².